The van der Waals surface area contributed by atoms with E-state index in [0.29, 0.717) is 36.5 Å². The second-order valence-electron chi connectivity index (χ2n) is 9.88. The molecule has 0 spiro atoms. The fourth-order valence-corrected chi connectivity index (χ4v) is 4.94. The molecule has 3 heterocycles. The molecular weight excluding hydrogens is 457 g/mol. The molecule has 0 bridgehead atoms. The maximum Gasteiger partial charge on any atom is 0.410 e. The van der Waals surface area contributed by atoms with E-state index in [-0.39, 0.29) is 11.0 Å². The van der Waals surface area contributed by atoms with Crippen molar-refractivity contribution in [3.63, 3.8) is 0 Å². The third-order valence-corrected chi connectivity index (χ3v) is 7.11. The van der Waals surface area contributed by atoms with Crippen LogP contribution in [-0.4, -0.2) is 53.9 Å². The molecule has 3 aromatic rings. The fourth-order valence-electron chi connectivity index (χ4n) is 4.28. The van der Waals surface area contributed by atoms with Gasteiger partial charge < -0.3 is 14.2 Å². The normalized spacial score (nSPS) is 15.6. The van der Waals surface area contributed by atoms with E-state index < -0.39 is 21.3 Å². The minimum absolute atomic E-state index is 0.0320. The van der Waals surface area contributed by atoms with Crippen molar-refractivity contribution in [3.05, 3.63) is 59.8 Å². The van der Waals surface area contributed by atoms with Crippen molar-refractivity contribution in [2.75, 3.05) is 19.3 Å². The van der Waals surface area contributed by atoms with Gasteiger partial charge in [-0.25, -0.2) is 17.6 Å². The zero-order valence-electron chi connectivity index (χ0n) is 19.9. The zero-order valence-corrected chi connectivity index (χ0v) is 20.7. The average molecular weight is 488 g/mol. The summed E-state index contributed by atoms with van der Waals surface area (Å²) < 4.78 is 45.5. The number of rotatable bonds is 4. The van der Waals surface area contributed by atoms with Gasteiger partial charge in [0, 0.05) is 37.1 Å². The minimum atomic E-state index is -3.49. The Labute approximate surface area is 199 Å². The van der Waals surface area contributed by atoms with Crippen LogP contribution in [0.1, 0.15) is 50.8 Å². The van der Waals surface area contributed by atoms with E-state index in [1.54, 1.807) is 21.7 Å². The number of hydrogen-bond acceptors (Lipinski definition) is 5. The van der Waals surface area contributed by atoms with Gasteiger partial charge in [-0.1, -0.05) is 6.07 Å². The maximum absolute atomic E-state index is 14.7. The molecule has 7 nitrogen and oxygen atoms in total. The number of halogens is 1. The number of aromatic nitrogens is 2. The molecular formula is C25H30FN3O4S. The van der Waals surface area contributed by atoms with Crippen LogP contribution < -0.4 is 0 Å². The number of benzene rings is 1. The van der Waals surface area contributed by atoms with Gasteiger partial charge in [-0.05, 0) is 69.4 Å². The minimum Gasteiger partial charge on any atom is -0.444 e. The molecule has 1 aromatic carbocycles. The van der Waals surface area contributed by atoms with Gasteiger partial charge >= 0.3 is 6.09 Å². The quantitative estimate of drug-likeness (QED) is 0.531. The Morgan fingerprint density at radius 3 is 2.47 bits per heavy atom. The third-order valence-electron chi connectivity index (χ3n) is 6.01. The molecule has 1 saturated heterocycles. The largest absolute Gasteiger partial charge is 0.444 e. The van der Waals surface area contributed by atoms with Crippen LogP contribution in [0.15, 0.2) is 47.6 Å². The van der Waals surface area contributed by atoms with Crippen molar-refractivity contribution < 1.29 is 22.3 Å². The molecule has 0 radical (unpaired) electrons. The molecule has 0 aliphatic carbocycles. The van der Waals surface area contributed by atoms with Crippen LogP contribution in [0.2, 0.25) is 0 Å². The van der Waals surface area contributed by atoms with Crippen LogP contribution in [-0.2, 0) is 21.1 Å². The van der Waals surface area contributed by atoms with Gasteiger partial charge in [-0.15, -0.1) is 0 Å². The number of fused-ring (bicyclic) bond motifs is 1. The van der Waals surface area contributed by atoms with E-state index in [1.165, 1.54) is 6.07 Å². The highest BCUT2D eigenvalue weighted by atomic mass is 32.2. The van der Waals surface area contributed by atoms with Crippen LogP contribution in [0.4, 0.5) is 9.18 Å². The summed E-state index contributed by atoms with van der Waals surface area (Å²) in [7, 11) is -3.49. The number of likely N-dealkylation sites (tertiary alicyclic amines) is 1. The summed E-state index contributed by atoms with van der Waals surface area (Å²) in [5, 5.41) is 0.536. The lowest BCUT2D eigenvalue weighted by Gasteiger charge is -2.33. The number of carbonyl (C=O) groups is 1. The zero-order chi connectivity index (χ0) is 24.7. The molecule has 1 fully saturated rings. The first-order valence-corrected chi connectivity index (χ1v) is 13.2. The second-order valence-corrected chi connectivity index (χ2v) is 11.9. The topological polar surface area (TPSA) is 81.5 Å². The molecule has 0 unspecified atom stereocenters. The molecule has 4 rings (SSSR count). The second kappa shape index (κ2) is 9.02. The number of ether oxygens (including phenoxy) is 1. The van der Waals surface area contributed by atoms with Gasteiger partial charge in [0.05, 0.1) is 22.7 Å². The van der Waals surface area contributed by atoms with E-state index in [2.05, 4.69) is 4.98 Å². The van der Waals surface area contributed by atoms with Crippen LogP contribution in [0.25, 0.3) is 10.9 Å². The Hall–Kier alpha value is -2.94. The predicted molar refractivity (Wildman–Crippen MR) is 128 cm³/mol. The van der Waals surface area contributed by atoms with E-state index in [1.807, 2.05) is 39.1 Å². The summed E-state index contributed by atoms with van der Waals surface area (Å²) in [6.45, 7) is 7.25. The summed E-state index contributed by atoms with van der Waals surface area (Å²) in [6, 6.07) is 8.24. The fraction of sp³-hybridized carbons (Fsp3) is 0.440. The van der Waals surface area contributed by atoms with Crippen LogP contribution in [0.3, 0.4) is 0 Å². The van der Waals surface area contributed by atoms with Crippen molar-refractivity contribution in [3.8, 4) is 0 Å². The standard InChI is InChI=1S/C25H30FN3O4S/c1-25(2,3)33-24(30)28-10-7-17(8-11-28)19-5-6-20(27-15-19)16-29-12-9-18-13-21(34(4,31)32)14-22(26)23(18)29/h5-6,9,12-15,17H,7-8,10-11,16H2,1-4H3. The van der Waals surface area contributed by atoms with E-state index >= 15 is 0 Å². The predicted octanol–water partition coefficient (Wildman–Crippen LogP) is 4.74. The summed E-state index contributed by atoms with van der Waals surface area (Å²) >= 11 is 0. The lowest BCUT2D eigenvalue weighted by atomic mass is 9.90. The molecule has 0 atom stereocenters. The molecule has 2 aromatic heterocycles. The van der Waals surface area contributed by atoms with Gasteiger partial charge in [-0.2, -0.15) is 0 Å². The lowest BCUT2D eigenvalue weighted by molar-refractivity contribution is 0.0205. The van der Waals surface area contributed by atoms with Crippen molar-refractivity contribution in [2.24, 2.45) is 0 Å². The van der Waals surface area contributed by atoms with E-state index in [0.717, 1.165) is 36.4 Å². The van der Waals surface area contributed by atoms with Crippen LogP contribution >= 0.6 is 0 Å². The van der Waals surface area contributed by atoms with Crippen molar-refractivity contribution in [1.29, 1.82) is 0 Å². The van der Waals surface area contributed by atoms with Crippen molar-refractivity contribution in [2.45, 2.75) is 56.6 Å². The van der Waals surface area contributed by atoms with Crippen molar-refractivity contribution in [1.82, 2.24) is 14.5 Å². The third kappa shape index (κ3) is 5.41. The first-order chi connectivity index (χ1) is 15.9. The van der Waals surface area contributed by atoms with Crippen molar-refractivity contribution >= 4 is 26.8 Å². The van der Waals surface area contributed by atoms with Crippen LogP contribution in [0, 0.1) is 5.82 Å². The number of pyridine rings is 1. The number of amides is 1. The Morgan fingerprint density at radius 1 is 1.18 bits per heavy atom. The summed E-state index contributed by atoms with van der Waals surface area (Å²) in [5.74, 6) is -0.254. The Kier molecular flexibility index (Phi) is 6.42. The molecule has 0 N–H and O–H groups in total. The van der Waals surface area contributed by atoms with Gasteiger partial charge in [0.2, 0.25) is 0 Å². The first-order valence-electron chi connectivity index (χ1n) is 11.3. The summed E-state index contributed by atoms with van der Waals surface area (Å²) in [4.78, 5) is 18.6. The number of hydrogen-bond donors (Lipinski definition) is 0. The highest BCUT2D eigenvalue weighted by Gasteiger charge is 2.27. The highest BCUT2D eigenvalue weighted by molar-refractivity contribution is 7.90. The molecule has 9 heteroatoms. The molecule has 0 saturated carbocycles. The summed E-state index contributed by atoms with van der Waals surface area (Å²) in [6.07, 6.45) is 6.08. The smallest absolute Gasteiger partial charge is 0.410 e. The van der Waals surface area contributed by atoms with Gasteiger partial charge in [-0.3, -0.25) is 4.98 Å². The Bertz CT molecular complexity index is 1300. The summed E-state index contributed by atoms with van der Waals surface area (Å²) in [5.41, 5.74) is 1.75. The highest BCUT2D eigenvalue weighted by Crippen LogP contribution is 2.29. The van der Waals surface area contributed by atoms with E-state index in [4.69, 9.17) is 4.74 Å². The van der Waals surface area contributed by atoms with E-state index in [9.17, 15) is 17.6 Å². The SMILES string of the molecule is CC(C)(C)OC(=O)N1CCC(c2ccc(Cn3ccc4cc(S(C)(=O)=O)cc(F)c43)nc2)CC1. The number of sulfone groups is 1. The molecule has 1 amide bonds. The molecule has 34 heavy (non-hydrogen) atoms. The molecule has 182 valence electrons. The average Bonchev–Trinajstić information content (AvgIpc) is 3.16. The first kappa shape index (κ1) is 24.2. The number of piperidine rings is 1. The maximum atomic E-state index is 14.7. The van der Waals surface area contributed by atoms with Gasteiger partial charge in [0.15, 0.2) is 9.84 Å². The molecule has 1 aliphatic heterocycles. The number of carbonyl (C=O) groups excluding carboxylic acids is 1. The lowest BCUT2D eigenvalue weighted by Crippen LogP contribution is -2.41. The monoisotopic (exact) mass is 487 g/mol. The van der Waals surface area contributed by atoms with Gasteiger partial charge in [0.25, 0.3) is 0 Å². The van der Waals surface area contributed by atoms with Gasteiger partial charge in [0.1, 0.15) is 11.4 Å². The molecule has 1 aliphatic rings. The Morgan fingerprint density at radius 2 is 1.88 bits per heavy atom. The Balaban J connectivity index is 1.42. The number of nitrogens with zero attached hydrogens (tertiary/aromatic N) is 3. The van der Waals surface area contributed by atoms with Crippen LogP contribution in [0.5, 0.6) is 0 Å².